The first-order valence-electron chi connectivity index (χ1n) is 8.02. The second kappa shape index (κ2) is 7.71. The summed E-state index contributed by atoms with van der Waals surface area (Å²) in [6.45, 7) is 6.35. The summed E-state index contributed by atoms with van der Waals surface area (Å²) in [5.41, 5.74) is -0.256. The van der Waals surface area contributed by atoms with Crippen LogP contribution < -0.4 is 10.2 Å². The molecule has 0 saturated carbocycles. The average molecular weight is 351 g/mol. The van der Waals surface area contributed by atoms with Crippen molar-refractivity contribution in [2.75, 3.05) is 18.0 Å². The summed E-state index contributed by atoms with van der Waals surface area (Å²) >= 11 is 5.92. The molecule has 0 aromatic heterocycles. The average Bonchev–Trinajstić information content (AvgIpc) is 3.02. The molecule has 2 atom stereocenters. The minimum absolute atomic E-state index is 0.172. The molecule has 1 amide bonds. The molecule has 6 heteroatoms. The Morgan fingerprint density at radius 2 is 2.12 bits per heavy atom. The Morgan fingerprint density at radius 1 is 1.46 bits per heavy atom. The van der Waals surface area contributed by atoms with Gasteiger partial charge in [0.2, 0.25) is 5.91 Å². The van der Waals surface area contributed by atoms with E-state index in [-0.39, 0.29) is 11.8 Å². The molecule has 1 fully saturated rings. The maximum atomic E-state index is 12.1. The Morgan fingerprint density at radius 3 is 2.67 bits per heavy atom. The van der Waals surface area contributed by atoms with E-state index < -0.39 is 11.5 Å². The third-order valence-corrected chi connectivity index (χ3v) is 4.85. The number of benzene rings is 1. The fourth-order valence-corrected chi connectivity index (χ4v) is 3.52. The Balaban J connectivity index is 2.23. The second-order valence-corrected chi connectivity index (χ2v) is 6.63. The zero-order valence-corrected chi connectivity index (χ0v) is 14.6. The summed E-state index contributed by atoms with van der Waals surface area (Å²) in [4.78, 5) is 25.8. The molecule has 1 aliphatic heterocycles. The lowest BCUT2D eigenvalue weighted by molar-refractivity contribution is -0.150. The summed E-state index contributed by atoms with van der Waals surface area (Å²) in [7, 11) is 0. The minimum atomic E-state index is -1.26. The number of aliphatic carboxylic acids is 1. The van der Waals surface area contributed by atoms with Crippen LogP contribution in [0.1, 0.15) is 26.2 Å². The number of amides is 1. The highest BCUT2D eigenvalue weighted by atomic mass is 35.5. The molecule has 1 aliphatic rings. The van der Waals surface area contributed by atoms with Gasteiger partial charge in [-0.1, -0.05) is 17.7 Å². The van der Waals surface area contributed by atoms with Gasteiger partial charge in [0.05, 0.1) is 0 Å². The molecule has 0 spiro atoms. The van der Waals surface area contributed by atoms with Crippen LogP contribution in [0.3, 0.4) is 0 Å². The topological polar surface area (TPSA) is 69.6 Å². The predicted octanol–water partition coefficient (Wildman–Crippen LogP) is 3.09. The van der Waals surface area contributed by atoms with E-state index in [0.717, 1.165) is 12.2 Å². The van der Waals surface area contributed by atoms with Crippen LogP contribution in [0.5, 0.6) is 0 Å². The highest BCUT2D eigenvalue weighted by Crippen LogP contribution is 2.34. The van der Waals surface area contributed by atoms with E-state index in [4.69, 9.17) is 11.6 Å². The minimum Gasteiger partial charge on any atom is -0.479 e. The van der Waals surface area contributed by atoms with Gasteiger partial charge in [0, 0.05) is 36.6 Å². The Bertz CT molecular complexity index is 617. The number of nitrogens with zero attached hydrogens (tertiary/aromatic N) is 1. The summed E-state index contributed by atoms with van der Waals surface area (Å²) in [6.07, 6.45) is 3.26. The molecule has 2 rings (SSSR count). The number of halogens is 1. The first-order valence-corrected chi connectivity index (χ1v) is 8.40. The van der Waals surface area contributed by atoms with Crippen molar-refractivity contribution in [3.05, 3.63) is 41.9 Å². The molecule has 0 aliphatic carbocycles. The number of hydrogen-bond acceptors (Lipinski definition) is 3. The van der Waals surface area contributed by atoms with Crippen LogP contribution in [-0.2, 0) is 9.59 Å². The number of carbonyl (C=O) groups excluding carboxylic acids is 1. The molecule has 1 saturated heterocycles. The number of carboxylic acids is 1. The van der Waals surface area contributed by atoms with Crippen LogP contribution in [0.4, 0.5) is 5.69 Å². The number of hydrogen-bond donors (Lipinski definition) is 2. The fraction of sp³-hybridized carbons (Fsp3) is 0.444. The van der Waals surface area contributed by atoms with Crippen molar-refractivity contribution in [3.8, 4) is 0 Å². The van der Waals surface area contributed by atoms with E-state index in [1.807, 2.05) is 24.3 Å². The molecular formula is C18H23ClN2O3. The fourth-order valence-electron chi connectivity index (χ4n) is 3.40. The predicted molar refractivity (Wildman–Crippen MR) is 95.4 cm³/mol. The van der Waals surface area contributed by atoms with E-state index in [0.29, 0.717) is 30.8 Å². The van der Waals surface area contributed by atoms with Crippen molar-refractivity contribution in [1.29, 1.82) is 0 Å². The standard InChI is InChI=1S/C18H23ClN2O3/c1-3-4-10-18(17(23)24,20-13(2)22)14-9-11-21(12-14)16-7-5-15(19)6-8-16/h3,5-8,14H,1,4,9-12H2,2H3,(H,20,22)(H,23,24)/t14-,18-/m0/s1. The lowest BCUT2D eigenvalue weighted by Gasteiger charge is -2.35. The Labute approximate surface area is 147 Å². The summed E-state index contributed by atoms with van der Waals surface area (Å²) < 4.78 is 0. The third kappa shape index (κ3) is 3.90. The van der Waals surface area contributed by atoms with Gasteiger partial charge in [-0.15, -0.1) is 6.58 Å². The summed E-state index contributed by atoms with van der Waals surface area (Å²) in [5.74, 6) is -1.48. The highest BCUT2D eigenvalue weighted by molar-refractivity contribution is 6.30. The molecule has 1 aromatic rings. The molecule has 0 radical (unpaired) electrons. The SMILES string of the molecule is C=CCC[C@@](NC(C)=O)(C(=O)O)[C@H]1CCN(c2ccc(Cl)cc2)C1. The normalized spacial score (nSPS) is 19.6. The van der Waals surface area contributed by atoms with Gasteiger partial charge in [0.1, 0.15) is 5.54 Å². The van der Waals surface area contributed by atoms with Gasteiger partial charge >= 0.3 is 5.97 Å². The molecule has 0 bridgehead atoms. The smallest absolute Gasteiger partial charge is 0.329 e. The van der Waals surface area contributed by atoms with E-state index in [9.17, 15) is 14.7 Å². The molecule has 130 valence electrons. The van der Waals surface area contributed by atoms with Crippen LogP contribution in [0, 0.1) is 5.92 Å². The zero-order chi connectivity index (χ0) is 17.7. The number of carbonyl (C=O) groups is 2. The molecule has 5 nitrogen and oxygen atoms in total. The molecule has 2 N–H and O–H groups in total. The van der Waals surface area contributed by atoms with Gasteiger partial charge < -0.3 is 15.3 Å². The third-order valence-electron chi connectivity index (χ3n) is 4.60. The van der Waals surface area contributed by atoms with E-state index >= 15 is 0 Å². The van der Waals surface area contributed by atoms with Crippen LogP contribution in [0.25, 0.3) is 0 Å². The Hall–Kier alpha value is -2.01. The first-order chi connectivity index (χ1) is 11.4. The maximum Gasteiger partial charge on any atom is 0.329 e. The monoisotopic (exact) mass is 350 g/mol. The number of anilines is 1. The van der Waals surface area contributed by atoms with E-state index in [1.165, 1.54) is 6.92 Å². The van der Waals surface area contributed by atoms with Gasteiger partial charge in [0.15, 0.2) is 0 Å². The van der Waals surface area contributed by atoms with Crippen molar-refractivity contribution in [1.82, 2.24) is 5.32 Å². The number of carboxylic acid groups (broad SMARTS) is 1. The van der Waals surface area contributed by atoms with E-state index in [1.54, 1.807) is 6.08 Å². The van der Waals surface area contributed by atoms with Gasteiger partial charge in [-0.25, -0.2) is 4.79 Å². The van der Waals surface area contributed by atoms with Crippen LogP contribution >= 0.6 is 11.6 Å². The summed E-state index contributed by atoms with van der Waals surface area (Å²) in [6, 6.07) is 7.49. The van der Waals surface area contributed by atoms with Gasteiger partial charge in [-0.3, -0.25) is 4.79 Å². The van der Waals surface area contributed by atoms with Crippen molar-refractivity contribution < 1.29 is 14.7 Å². The first kappa shape index (κ1) is 18.3. The summed E-state index contributed by atoms with van der Waals surface area (Å²) in [5, 5.41) is 13.2. The zero-order valence-electron chi connectivity index (χ0n) is 13.8. The molecule has 0 unspecified atom stereocenters. The van der Waals surface area contributed by atoms with Crippen LogP contribution in [0.2, 0.25) is 5.02 Å². The van der Waals surface area contributed by atoms with Crippen molar-refractivity contribution >= 4 is 29.2 Å². The second-order valence-electron chi connectivity index (χ2n) is 6.19. The molecule has 1 aromatic carbocycles. The molecule has 1 heterocycles. The lowest BCUT2D eigenvalue weighted by Crippen LogP contribution is -2.59. The largest absolute Gasteiger partial charge is 0.479 e. The number of allylic oxidation sites excluding steroid dienone is 1. The molecular weight excluding hydrogens is 328 g/mol. The van der Waals surface area contributed by atoms with Crippen LogP contribution in [0.15, 0.2) is 36.9 Å². The quantitative estimate of drug-likeness (QED) is 0.741. The van der Waals surface area contributed by atoms with Crippen molar-refractivity contribution in [2.45, 2.75) is 31.7 Å². The maximum absolute atomic E-state index is 12.1. The number of nitrogens with one attached hydrogen (secondary N) is 1. The van der Waals surface area contributed by atoms with Crippen molar-refractivity contribution in [2.24, 2.45) is 5.92 Å². The Kier molecular flexibility index (Phi) is 5.89. The van der Waals surface area contributed by atoms with Crippen LogP contribution in [-0.4, -0.2) is 35.6 Å². The van der Waals surface area contributed by atoms with Gasteiger partial charge in [-0.05, 0) is 43.5 Å². The van der Waals surface area contributed by atoms with Crippen molar-refractivity contribution in [3.63, 3.8) is 0 Å². The van der Waals surface area contributed by atoms with E-state index in [2.05, 4.69) is 16.8 Å². The highest BCUT2D eigenvalue weighted by Gasteiger charge is 2.48. The van der Waals surface area contributed by atoms with Gasteiger partial charge in [-0.2, -0.15) is 0 Å². The lowest BCUT2D eigenvalue weighted by atomic mass is 9.79. The van der Waals surface area contributed by atoms with Gasteiger partial charge in [0.25, 0.3) is 0 Å². The molecule has 24 heavy (non-hydrogen) atoms. The number of rotatable bonds is 7.